The van der Waals surface area contributed by atoms with Crippen LogP contribution in [0.15, 0.2) is 4.52 Å². The zero-order valence-electron chi connectivity index (χ0n) is 12.0. The maximum atomic E-state index is 5.32. The SMILES string of the molecule is CC1CN(Cc2noc(C(C)(C)C)n2)CC(C)N1. The van der Waals surface area contributed by atoms with Crippen molar-refractivity contribution in [2.45, 2.75) is 58.7 Å². The van der Waals surface area contributed by atoms with Gasteiger partial charge in [0.1, 0.15) is 0 Å². The first-order valence-corrected chi connectivity index (χ1v) is 6.66. The molecule has 0 bridgehead atoms. The van der Waals surface area contributed by atoms with Crippen LogP contribution in [0.1, 0.15) is 46.3 Å². The molecule has 5 heteroatoms. The second-order valence-electron chi connectivity index (χ2n) is 6.43. The molecule has 0 amide bonds. The molecule has 1 N–H and O–H groups in total. The number of hydrogen-bond acceptors (Lipinski definition) is 5. The molecule has 102 valence electrons. The molecular weight excluding hydrogens is 228 g/mol. The van der Waals surface area contributed by atoms with Crippen molar-refractivity contribution in [3.05, 3.63) is 11.7 Å². The zero-order chi connectivity index (χ0) is 13.3. The van der Waals surface area contributed by atoms with Crippen molar-refractivity contribution in [2.24, 2.45) is 0 Å². The number of nitrogens with zero attached hydrogens (tertiary/aromatic N) is 3. The van der Waals surface area contributed by atoms with E-state index in [-0.39, 0.29) is 5.41 Å². The van der Waals surface area contributed by atoms with Gasteiger partial charge in [0.25, 0.3) is 0 Å². The molecule has 1 saturated heterocycles. The summed E-state index contributed by atoms with van der Waals surface area (Å²) in [5.41, 5.74) is -0.0741. The van der Waals surface area contributed by atoms with Gasteiger partial charge in [0.15, 0.2) is 5.82 Å². The molecule has 2 heterocycles. The molecule has 2 atom stereocenters. The van der Waals surface area contributed by atoms with E-state index in [1.807, 2.05) is 0 Å². The van der Waals surface area contributed by atoms with Gasteiger partial charge < -0.3 is 9.84 Å². The highest BCUT2D eigenvalue weighted by Crippen LogP contribution is 2.20. The molecule has 1 aliphatic heterocycles. The van der Waals surface area contributed by atoms with E-state index in [4.69, 9.17) is 4.52 Å². The van der Waals surface area contributed by atoms with Crippen LogP contribution >= 0.6 is 0 Å². The highest BCUT2D eigenvalue weighted by Gasteiger charge is 2.25. The van der Waals surface area contributed by atoms with Crippen LogP contribution in [0.4, 0.5) is 0 Å². The fraction of sp³-hybridized carbons (Fsp3) is 0.846. The summed E-state index contributed by atoms with van der Waals surface area (Å²) in [6.07, 6.45) is 0. The zero-order valence-corrected chi connectivity index (χ0v) is 12.0. The summed E-state index contributed by atoms with van der Waals surface area (Å²) in [4.78, 5) is 6.86. The molecule has 1 aromatic heterocycles. The van der Waals surface area contributed by atoms with E-state index < -0.39 is 0 Å². The van der Waals surface area contributed by atoms with Crippen LogP contribution in [-0.2, 0) is 12.0 Å². The molecule has 18 heavy (non-hydrogen) atoms. The monoisotopic (exact) mass is 252 g/mol. The van der Waals surface area contributed by atoms with Crippen LogP contribution in [-0.4, -0.2) is 40.2 Å². The Bertz CT molecular complexity index is 386. The first-order chi connectivity index (χ1) is 8.34. The van der Waals surface area contributed by atoms with Crippen LogP contribution in [0.5, 0.6) is 0 Å². The van der Waals surface area contributed by atoms with E-state index in [0.717, 1.165) is 25.5 Å². The lowest BCUT2D eigenvalue weighted by Gasteiger charge is -2.35. The van der Waals surface area contributed by atoms with E-state index in [0.29, 0.717) is 18.0 Å². The van der Waals surface area contributed by atoms with Gasteiger partial charge in [-0.15, -0.1) is 0 Å². The summed E-state index contributed by atoms with van der Waals surface area (Å²) < 4.78 is 5.32. The Balaban J connectivity index is 1.99. The van der Waals surface area contributed by atoms with Crippen LogP contribution in [0.3, 0.4) is 0 Å². The smallest absolute Gasteiger partial charge is 0.232 e. The standard InChI is InChI=1S/C13H24N4O/c1-9-6-17(7-10(2)14-9)8-11-15-12(18-16-11)13(3,4)5/h9-10,14H,6-8H2,1-5H3. The maximum Gasteiger partial charge on any atom is 0.232 e. The molecule has 2 rings (SSSR count). The minimum atomic E-state index is -0.0741. The van der Waals surface area contributed by atoms with Gasteiger partial charge in [0.05, 0.1) is 6.54 Å². The van der Waals surface area contributed by atoms with Gasteiger partial charge in [-0.2, -0.15) is 4.98 Å². The van der Waals surface area contributed by atoms with E-state index in [2.05, 4.69) is 55.0 Å². The minimum Gasteiger partial charge on any atom is -0.339 e. The van der Waals surface area contributed by atoms with E-state index >= 15 is 0 Å². The van der Waals surface area contributed by atoms with Crippen molar-refractivity contribution in [3.63, 3.8) is 0 Å². The summed E-state index contributed by atoms with van der Waals surface area (Å²) in [6, 6.07) is 1.03. The first kappa shape index (κ1) is 13.5. The van der Waals surface area contributed by atoms with Gasteiger partial charge in [-0.25, -0.2) is 0 Å². The fourth-order valence-electron chi connectivity index (χ4n) is 2.39. The molecular formula is C13H24N4O. The predicted octanol–water partition coefficient (Wildman–Crippen LogP) is 1.55. The Morgan fingerprint density at radius 2 is 1.89 bits per heavy atom. The van der Waals surface area contributed by atoms with Gasteiger partial charge in [-0.1, -0.05) is 25.9 Å². The lowest BCUT2D eigenvalue weighted by molar-refractivity contribution is 0.161. The molecule has 0 aliphatic carbocycles. The summed E-state index contributed by atoms with van der Waals surface area (Å²) in [6.45, 7) is 13.5. The van der Waals surface area contributed by atoms with Gasteiger partial charge in [-0.3, -0.25) is 4.90 Å². The molecule has 5 nitrogen and oxygen atoms in total. The number of hydrogen-bond donors (Lipinski definition) is 1. The third-order valence-corrected chi connectivity index (χ3v) is 3.11. The van der Waals surface area contributed by atoms with Crippen molar-refractivity contribution in [1.82, 2.24) is 20.4 Å². The molecule has 0 aromatic carbocycles. The Morgan fingerprint density at radius 3 is 2.39 bits per heavy atom. The van der Waals surface area contributed by atoms with Crippen molar-refractivity contribution in [1.29, 1.82) is 0 Å². The lowest BCUT2D eigenvalue weighted by atomic mass is 9.97. The quantitative estimate of drug-likeness (QED) is 0.865. The predicted molar refractivity (Wildman–Crippen MR) is 70.3 cm³/mol. The van der Waals surface area contributed by atoms with Gasteiger partial charge >= 0.3 is 0 Å². The number of piperazine rings is 1. The third-order valence-electron chi connectivity index (χ3n) is 3.11. The normalized spacial score (nSPS) is 26.5. The Labute approximate surface area is 109 Å². The molecule has 1 aromatic rings. The fourth-order valence-corrected chi connectivity index (χ4v) is 2.39. The molecule has 1 aliphatic rings. The van der Waals surface area contributed by atoms with Crippen LogP contribution < -0.4 is 5.32 Å². The maximum absolute atomic E-state index is 5.32. The van der Waals surface area contributed by atoms with E-state index in [1.54, 1.807) is 0 Å². The van der Waals surface area contributed by atoms with Crippen molar-refractivity contribution < 1.29 is 4.52 Å². The molecule has 0 spiro atoms. The van der Waals surface area contributed by atoms with E-state index in [9.17, 15) is 0 Å². The summed E-state index contributed by atoms with van der Waals surface area (Å²) in [5.74, 6) is 1.51. The van der Waals surface area contributed by atoms with Crippen LogP contribution in [0, 0.1) is 0 Å². The van der Waals surface area contributed by atoms with Crippen molar-refractivity contribution in [2.75, 3.05) is 13.1 Å². The Hall–Kier alpha value is -0.940. The van der Waals surface area contributed by atoms with Crippen molar-refractivity contribution in [3.8, 4) is 0 Å². The van der Waals surface area contributed by atoms with Gasteiger partial charge in [0, 0.05) is 30.6 Å². The van der Waals surface area contributed by atoms with Crippen molar-refractivity contribution >= 4 is 0 Å². The second kappa shape index (κ2) is 4.97. The summed E-state index contributed by atoms with van der Waals surface area (Å²) >= 11 is 0. The molecule has 0 saturated carbocycles. The van der Waals surface area contributed by atoms with Gasteiger partial charge in [0.2, 0.25) is 5.89 Å². The first-order valence-electron chi connectivity index (χ1n) is 6.66. The average Bonchev–Trinajstić information content (AvgIpc) is 2.63. The Morgan fingerprint density at radius 1 is 1.28 bits per heavy atom. The second-order valence-corrected chi connectivity index (χ2v) is 6.43. The largest absolute Gasteiger partial charge is 0.339 e. The number of nitrogens with one attached hydrogen (secondary N) is 1. The van der Waals surface area contributed by atoms with Crippen LogP contribution in [0.2, 0.25) is 0 Å². The summed E-state index contributed by atoms with van der Waals surface area (Å²) in [7, 11) is 0. The average molecular weight is 252 g/mol. The third kappa shape index (κ3) is 3.29. The summed E-state index contributed by atoms with van der Waals surface area (Å²) in [5, 5.41) is 7.60. The van der Waals surface area contributed by atoms with Gasteiger partial charge in [-0.05, 0) is 13.8 Å². The highest BCUT2D eigenvalue weighted by atomic mass is 16.5. The Kier molecular flexibility index (Phi) is 3.73. The molecule has 0 radical (unpaired) electrons. The lowest BCUT2D eigenvalue weighted by Crippen LogP contribution is -2.53. The van der Waals surface area contributed by atoms with Crippen LogP contribution in [0.25, 0.3) is 0 Å². The highest BCUT2D eigenvalue weighted by molar-refractivity contribution is 4.98. The topological polar surface area (TPSA) is 54.2 Å². The van der Waals surface area contributed by atoms with E-state index in [1.165, 1.54) is 0 Å². The molecule has 2 unspecified atom stereocenters. The molecule has 1 fully saturated rings. The number of aromatic nitrogens is 2. The number of rotatable bonds is 2. The minimum absolute atomic E-state index is 0.0741.